The third-order valence-electron chi connectivity index (χ3n) is 0.472. The lowest BCUT2D eigenvalue weighted by atomic mass is 10.5. The fraction of sp³-hybridized carbons (Fsp3) is 0.600. The van der Waals surface area contributed by atoms with Gasteiger partial charge < -0.3 is 0 Å². The lowest BCUT2D eigenvalue weighted by molar-refractivity contribution is -0.114. The summed E-state index contributed by atoms with van der Waals surface area (Å²) >= 11 is 1.35. The van der Waals surface area contributed by atoms with Gasteiger partial charge >= 0.3 is 0 Å². The Balaban J connectivity index is 2.97. The van der Waals surface area contributed by atoms with Crippen LogP contribution in [0.3, 0.4) is 0 Å². The number of nitrogens with zero attached hydrogens (tertiary/aromatic N) is 1. The predicted octanol–water partition coefficient (Wildman–Crippen LogP) is 0.832. The Labute approximate surface area is 52.9 Å². The van der Waals surface area contributed by atoms with Crippen LogP contribution in [-0.4, -0.2) is 17.3 Å². The molecule has 0 aromatic rings. The topological polar surface area (TPSA) is 40.9 Å². The first-order valence-electron chi connectivity index (χ1n) is 2.21. The Hall–Kier alpha value is -0.490. The highest BCUT2D eigenvalue weighted by Crippen LogP contribution is 1.96. The zero-order chi connectivity index (χ0) is 6.41. The van der Waals surface area contributed by atoms with Crippen LogP contribution in [0.25, 0.3) is 0 Å². The first-order chi connectivity index (χ1) is 3.77. The standard InChI is InChI=1S/C5H7NOS/c1-5(7)4-8-3-2-6/h3-4H2,1H3. The molecule has 0 aliphatic heterocycles. The summed E-state index contributed by atoms with van der Waals surface area (Å²) < 4.78 is 0. The van der Waals surface area contributed by atoms with E-state index in [0.717, 1.165) is 0 Å². The van der Waals surface area contributed by atoms with Crippen molar-refractivity contribution in [3.05, 3.63) is 0 Å². The quantitative estimate of drug-likeness (QED) is 0.530. The van der Waals surface area contributed by atoms with Crippen molar-refractivity contribution in [2.45, 2.75) is 6.92 Å². The molecule has 0 heterocycles. The van der Waals surface area contributed by atoms with E-state index < -0.39 is 0 Å². The molecule has 0 aromatic carbocycles. The predicted molar refractivity (Wildman–Crippen MR) is 33.6 cm³/mol. The SMILES string of the molecule is CC(=O)CSCC#N. The number of ketones is 1. The summed E-state index contributed by atoms with van der Waals surface area (Å²) in [5.74, 6) is 1.01. The molecule has 0 aliphatic rings. The molecule has 0 aromatic heterocycles. The molecule has 44 valence electrons. The molecule has 2 nitrogen and oxygen atoms in total. The molecular formula is C5H7NOS. The van der Waals surface area contributed by atoms with Gasteiger partial charge in [-0.3, -0.25) is 4.79 Å². The number of hydrogen-bond acceptors (Lipinski definition) is 3. The van der Waals surface area contributed by atoms with E-state index in [1.807, 2.05) is 6.07 Å². The summed E-state index contributed by atoms with van der Waals surface area (Å²) in [5, 5.41) is 8.00. The van der Waals surface area contributed by atoms with Crippen molar-refractivity contribution in [1.82, 2.24) is 0 Å². The summed E-state index contributed by atoms with van der Waals surface area (Å²) in [7, 11) is 0. The Morgan fingerprint density at radius 1 is 1.88 bits per heavy atom. The highest BCUT2D eigenvalue weighted by Gasteiger charge is 1.89. The molecule has 0 saturated carbocycles. The number of rotatable bonds is 3. The van der Waals surface area contributed by atoms with Gasteiger partial charge in [0.15, 0.2) is 0 Å². The highest BCUT2D eigenvalue weighted by molar-refractivity contribution is 8.00. The van der Waals surface area contributed by atoms with Crippen molar-refractivity contribution in [3.63, 3.8) is 0 Å². The zero-order valence-electron chi connectivity index (χ0n) is 4.68. The minimum absolute atomic E-state index is 0.130. The van der Waals surface area contributed by atoms with Gasteiger partial charge in [-0.15, -0.1) is 11.8 Å². The molecule has 8 heavy (non-hydrogen) atoms. The van der Waals surface area contributed by atoms with Crippen LogP contribution >= 0.6 is 11.8 Å². The molecule has 0 radical (unpaired) electrons. The number of thioether (sulfide) groups is 1. The van der Waals surface area contributed by atoms with Crippen molar-refractivity contribution in [1.29, 1.82) is 5.26 Å². The number of nitriles is 1. The molecule has 0 spiro atoms. The zero-order valence-corrected chi connectivity index (χ0v) is 5.49. The molecule has 0 N–H and O–H groups in total. The van der Waals surface area contributed by atoms with Gasteiger partial charge in [0.05, 0.1) is 17.6 Å². The summed E-state index contributed by atoms with van der Waals surface area (Å²) in [6, 6.07) is 1.93. The highest BCUT2D eigenvalue weighted by atomic mass is 32.2. The average molecular weight is 129 g/mol. The molecule has 0 amide bonds. The van der Waals surface area contributed by atoms with Gasteiger partial charge in [-0.25, -0.2) is 0 Å². The second kappa shape index (κ2) is 4.66. The first kappa shape index (κ1) is 7.51. The van der Waals surface area contributed by atoms with Crippen molar-refractivity contribution >= 4 is 17.5 Å². The van der Waals surface area contributed by atoms with E-state index >= 15 is 0 Å². The summed E-state index contributed by atoms with van der Waals surface area (Å²) in [6.07, 6.45) is 0. The monoisotopic (exact) mass is 129 g/mol. The van der Waals surface area contributed by atoms with Crippen LogP contribution < -0.4 is 0 Å². The number of carbonyl (C=O) groups is 1. The molecule has 0 aliphatic carbocycles. The van der Waals surface area contributed by atoms with Crippen LogP contribution in [0, 0.1) is 11.3 Å². The van der Waals surface area contributed by atoms with Crippen molar-refractivity contribution in [2.75, 3.05) is 11.5 Å². The Bertz CT molecular complexity index is 116. The van der Waals surface area contributed by atoms with Crippen LogP contribution in [0.15, 0.2) is 0 Å². The Morgan fingerprint density at radius 2 is 2.50 bits per heavy atom. The van der Waals surface area contributed by atoms with Crippen molar-refractivity contribution < 1.29 is 4.79 Å². The van der Waals surface area contributed by atoms with Crippen LogP contribution in [0.2, 0.25) is 0 Å². The van der Waals surface area contributed by atoms with Crippen molar-refractivity contribution in [2.24, 2.45) is 0 Å². The largest absolute Gasteiger partial charge is 0.299 e. The summed E-state index contributed by atoms with van der Waals surface area (Å²) in [4.78, 5) is 10.2. The van der Waals surface area contributed by atoms with Gasteiger partial charge in [0.25, 0.3) is 0 Å². The maximum atomic E-state index is 10.2. The van der Waals surface area contributed by atoms with E-state index in [-0.39, 0.29) is 5.78 Å². The van der Waals surface area contributed by atoms with E-state index in [0.29, 0.717) is 11.5 Å². The molecule has 0 bridgehead atoms. The summed E-state index contributed by atoms with van der Waals surface area (Å²) in [5.41, 5.74) is 0. The smallest absolute Gasteiger partial charge is 0.139 e. The lowest BCUT2D eigenvalue weighted by Gasteiger charge is -1.85. The number of hydrogen-bond donors (Lipinski definition) is 0. The lowest BCUT2D eigenvalue weighted by Crippen LogP contribution is -1.92. The Morgan fingerprint density at radius 3 is 2.88 bits per heavy atom. The molecule has 0 fully saturated rings. The van der Waals surface area contributed by atoms with E-state index in [2.05, 4.69) is 0 Å². The van der Waals surface area contributed by atoms with Gasteiger partial charge in [-0.1, -0.05) is 0 Å². The van der Waals surface area contributed by atoms with Crippen molar-refractivity contribution in [3.8, 4) is 6.07 Å². The van der Waals surface area contributed by atoms with Crippen LogP contribution in [0.1, 0.15) is 6.92 Å². The van der Waals surface area contributed by atoms with Gasteiger partial charge in [0.2, 0.25) is 0 Å². The number of Topliss-reactive ketones (excluding diaryl/α,β-unsaturated/α-hetero) is 1. The van der Waals surface area contributed by atoms with Gasteiger partial charge in [0.1, 0.15) is 5.78 Å². The molecular weight excluding hydrogens is 122 g/mol. The molecule has 0 unspecified atom stereocenters. The fourth-order valence-electron chi connectivity index (χ4n) is 0.240. The van der Waals surface area contributed by atoms with Crippen LogP contribution in [0.5, 0.6) is 0 Å². The van der Waals surface area contributed by atoms with E-state index in [9.17, 15) is 4.79 Å². The minimum Gasteiger partial charge on any atom is -0.299 e. The third-order valence-corrected chi connectivity index (χ3v) is 1.42. The molecule has 0 atom stereocenters. The second-order valence-electron chi connectivity index (χ2n) is 1.35. The maximum absolute atomic E-state index is 10.2. The van der Waals surface area contributed by atoms with Crippen LogP contribution in [0.4, 0.5) is 0 Å². The first-order valence-corrected chi connectivity index (χ1v) is 3.37. The van der Waals surface area contributed by atoms with Gasteiger partial charge in [-0.05, 0) is 6.92 Å². The fourth-order valence-corrected chi connectivity index (χ4v) is 0.721. The normalized spacial score (nSPS) is 8.00. The summed E-state index contributed by atoms with van der Waals surface area (Å²) in [6.45, 7) is 1.52. The number of carbonyl (C=O) groups excluding carboxylic acids is 1. The van der Waals surface area contributed by atoms with Gasteiger partial charge in [0, 0.05) is 0 Å². The second-order valence-corrected chi connectivity index (χ2v) is 2.34. The van der Waals surface area contributed by atoms with E-state index in [4.69, 9.17) is 5.26 Å². The van der Waals surface area contributed by atoms with E-state index in [1.54, 1.807) is 0 Å². The van der Waals surface area contributed by atoms with Gasteiger partial charge in [-0.2, -0.15) is 5.26 Å². The Kier molecular flexibility index (Phi) is 4.38. The van der Waals surface area contributed by atoms with E-state index in [1.165, 1.54) is 18.7 Å². The van der Waals surface area contributed by atoms with Crippen LogP contribution in [-0.2, 0) is 4.79 Å². The third kappa shape index (κ3) is 5.51. The average Bonchev–Trinajstić information content (AvgIpc) is 1.66. The molecule has 0 saturated heterocycles. The molecule has 3 heteroatoms. The minimum atomic E-state index is 0.130. The maximum Gasteiger partial charge on any atom is 0.139 e. The molecule has 0 rings (SSSR count).